The smallest absolute Gasteiger partial charge is 0.149 e. The summed E-state index contributed by atoms with van der Waals surface area (Å²) in [7, 11) is 0. The van der Waals surface area contributed by atoms with Crippen LogP contribution in [-0.4, -0.2) is 29.8 Å². The molecule has 2 aliphatic rings. The van der Waals surface area contributed by atoms with E-state index in [1.165, 1.54) is 25.7 Å². The fourth-order valence-electron chi connectivity index (χ4n) is 3.43. The summed E-state index contributed by atoms with van der Waals surface area (Å²) in [5, 5.41) is 0. The molecule has 0 amide bonds. The Hall–Kier alpha value is -0.370. The number of carbonyl (C=O) groups is 1. The molecule has 2 nitrogen and oxygen atoms in total. The molecule has 2 rings (SSSR count). The maximum Gasteiger partial charge on any atom is 0.149 e. The highest BCUT2D eigenvalue weighted by molar-refractivity contribution is 5.84. The number of hydrogen-bond acceptors (Lipinski definition) is 2. The topological polar surface area (TPSA) is 20.3 Å². The molecule has 2 fully saturated rings. The molecule has 2 heteroatoms. The highest BCUT2D eigenvalue weighted by Gasteiger charge is 2.30. The number of carbonyl (C=O) groups excluding carboxylic acids is 1. The predicted octanol–water partition coefficient (Wildman–Crippen LogP) is 3.26. The first-order chi connectivity index (χ1) is 8.18. The lowest BCUT2D eigenvalue weighted by Crippen LogP contribution is -2.45. The summed E-state index contributed by atoms with van der Waals surface area (Å²) >= 11 is 0. The van der Waals surface area contributed by atoms with Crippen molar-refractivity contribution in [1.29, 1.82) is 0 Å². The molecule has 1 unspecified atom stereocenters. The van der Waals surface area contributed by atoms with Gasteiger partial charge in [0.1, 0.15) is 5.78 Å². The van der Waals surface area contributed by atoms with Gasteiger partial charge in [-0.15, -0.1) is 0 Å². The number of rotatable bonds is 2. The molecule has 0 aromatic heterocycles. The summed E-state index contributed by atoms with van der Waals surface area (Å²) in [6.07, 6.45) is 8.16. The molecular formula is C15H27NO. The number of Topliss-reactive ketones (excluding diaryl/α,β-unsaturated/α-hetero) is 1. The monoisotopic (exact) mass is 237 g/mol. The molecule has 0 aromatic rings. The van der Waals surface area contributed by atoms with Crippen LogP contribution in [-0.2, 0) is 4.79 Å². The molecule has 0 radical (unpaired) electrons. The molecule has 1 atom stereocenters. The molecule has 0 bridgehead atoms. The molecule has 1 heterocycles. The predicted molar refractivity (Wildman–Crippen MR) is 71.0 cm³/mol. The number of piperidine rings is 1. The van der Waals surface area contributed by atoms with Crippen molar-refractivity contribution in [3.8, 4) is 0 Å². The van der Waals surface area contributed by atoms with E-state index in [4.69, 9.17) is 0 Å². The molecule has 98 valence electrons. The van der Waals surface area contributed by atoms with Crippen LogP contribution in [0.5, 0.6) is 0 Å². The van der Waals surface area contributed by atoms with Gasteiger partial charge in [0.2, 0.25) is 0 Å². The molecule has 0 N–H and O–H groups in total. The fourth-order valence-corrected chi connectivity index (χ4v) is 3.43. The Bertz CT molecular complexity index is 254. The van der Waals surface area contributed by atoms with Crippen LogP contribution in [0.25, 0.3) is 0 Å². The highest BCUT2D eigenvalue weighted by Crippen LogP contribution is 2.28. The second-order valence-electron chi connectivity index (χ2n) is 6.20. The fraction of sp³-hybridized carbons (Fsp3) is 0.933. The summed E-state index contributed by atoms with van der Waals surface area (Å²) in [6.45, 7) is 6.97. The van der Waals surface area contributed by atoms with Crippen molar-refractivity contribution in [2.45, 2.75) is 64.8 Å². The first-order valence-corrected chi connectivity index (χ1v) is 7.45. The van der Waals surface area contributed by atoms with Crippen LogP contribution in [0.1, 0.15) is 58.8 Å². The van der Waals surface area contributed by atoms with Gasteiger partial charge in [-0.3, -0.25) is 9.69 Å². The number of hydrogen-bond donors (Lipinski definition) is 0. The van der Waals surface area contributed by atoms with E-state index in [9.17, 15) is 4.79 Å². The van der Waals surface area contributed by atoms with Crippen molar-refractivity contribution < 1.29 is 4.79 Å². The third kappa shape index (κ3) is 3.31. The first-order valence-electron chi connectivity index (χ1n) is 7.45. The third-order valence-corrected chi connectivity index (χ3v) is 4.73. The van der Waals surface area contributed by atoms with Gasteiger partial charge in [0.05, 0.1) is 6.04 Å². The summed E-state index contributed by atoms with van der Waals surface area (Å²) in [4.78, 5) is 14.6. The van der Waals surface area contributed by atoms with E-state index in [1.807, 2.05) is 0 Å². The zero-order chi connectivity index (χ0) is 12.3. The number of likely N-dealkylation sites (tertiary alicyclic amines) is 1. The second kappa shape index (κ2) is 5.99. The van der Waals surface area contributed by atoms with Gasteiger partial charge in [0, 0.05) is 6.42 Å². The van der Waals surface area contributed by atoms with Gasteiger partial charge in [-0.25, -0.2) is 0 Å². The zero-order valence-electron chi connectivity index (χ0n) is 11.5. The molecule has 1 saturated carbocycles. The van der Waals surface area contributed by atoms with E-state index in [0.717, 1.165) is 44.2 Å². The maximum absolute atomic E-state index is 12.1. The van der Waals surface area contributed by atoms with Gasteiger partial charge < -0.3 is 0 Å². The molecule has 1 aliphatic heterocycles. The van der Waals surface area contributed by atoms with Crippen molar-refractivity contribution in [3.63, 3.8) is 0 Å². The Kier molecular flexibility index (Phi) is 4.61. The zero-order valence-corrected chi connectivity index (χ0v) is 11.5. The van der Waals surface area contributed by atoms with Crippen LogP contribution in [0.15, 0.2) is 0 Å². The van der Waals surface area contributed by atoms with Gasteiger partial charge in [-0.1, -0.05) is 26.7 Å². The van der Waals surface area contributed by atoms with E-state index >= 15 is 0 Å². The SMILES string of the molecule is CC(C)C1CCN(C2CCCCCC2=O)CC1. The van der Waals surface area contributed by atoms with Gasteiger partial charge in [-0.05, 0) is 50.6 Å². The first kappa shape index (κ1) is 13.1. The Morgan fingerprint density at radius 3 is 2.41 bits per heavy atom. The molecule has 17 heavy (non-hydrogen) atoms. The normalized spacial score (nSPS) is 29.6. The van der Waals surface area contributed by atoms with Crippen molar-refractivity contribution in [3.05, 3.63) is 0 Å². The Labute approximate surface area is 106 Å². The highest BCUT2D eigenvalue weighted by atomic mass is 16.1. The van der Waals surface area contributed by atoms with Gasteiger partial charge >= 0.3 is 0 Å². The molecule has 0 spiro atoms. The quantitative estimate of drug-likeness (QED) is 0.687. The van der Waals surface area contributed by atoms with Gasteiger partial charge in [-0.2, -0.15) is 0 Å². The molecule has 1 aliphatic carbocycles. The minimum Gasteiger partial charge on any atom is -0.298 e. The Morgan fingerprint density at radius 2 is 1.76 bits per heavy atom. The molecular weight excluding hydrogens is 210 g/mol. The second-order valence-corrected chi connectivity index (χ2v) is 6.20. The van der Waals surface area contributed by atoms with E-state index in [1.54, 1.807) is 0 Å². The molecule has 1 saturated heterocycles. The Balaban J connectivity index is 1.88. The summed E-state index contributed by atoms with van der Waals surface area (Å²) in [5.41, 5.74) is 0. The Morgan fingerprint density at radius 1 is 1.06 bits per heavy atom. The van der Waals surface area contributed by atoms with E-state index in [2.05, 4.69) is 18.7 Å². The van der Waals surface area contributed by atoms with Crippen LogP contribution in [0.4, 0.5) is 0 Å². The van der Waals surface area contributed by atoms with E-state index < -0.39 is 0 Å². The average molecular weight is 237 g/mol. The largest absolute Gasteiger partial charge is 0.298 e. The van der Waals surface area contributed by atoms with Crippen LogP contribution < -0.4 is 0 Å². The van der Waals surface area contributed by atoms with Crippen molar-refractivity contribution in [1.82, 2.24) is 4.90 Å². The van der Waals surface area contributed by atoms with Crippen LogP contribution in [0.2, 0.25) is 0 Å². The van der Waals surface area contributed by atoms with Crippen LogP contribution >= 0.6 is 0 Å². The van der Waals surface area contributed by atoms with E-state index in [0.29, 0.717) is 5.78 Å². The standard InChI is InChI=1S/C15H27NO/c1-12(2)13-8-10-16(11-9-13)14-6-4-3-5-7-15(14)17/h12-14H,3-11H2,1-2H3. The van der Waals surface area contributed by atoms with Crippen LogP contribution in [0.3, 0.4) is 0 Å². The third-order valence-electron chi connectivity index (χ3n) is 4.73. The van der Waals surface area contributed by atoms with Gasteiger partial charge in [0.15, 0.2) is 0 Å². The lowest BCUT2D eigenvalue weighted by Gasteiger charge is -2.37. The van der Waals surface area contributed by atoms with E-state index in [-0.39, 0.29) is 6.04 Å². The number of ketones is 1. The molecule has 0 aromatic carbocycles. The lowest BCUT2D eigenvalue weighted by molar-refractivity contribution is -0.124. The summed E-state index contributed by atoms with van der Waals surface area (Å²) in [6, 6.07) is 0.269. The maximum atomic E-state index is 12.1. The van der Waals surface area contributed by atoms with Gasteiger partial charge in [0.25, 0.3) is 0 Å². The minimum atomic E-state index is 0.269. The van der Waals surface area contributed by atoms with Crippen molar-refractivity contribution in [2.75, 3.05) is 13.1 Å². The van der Waals surface area contributed by atoms with Crippen molar-refractivity contribution in [2.24, 2.45) is 11.8 Å². The van der Waals surface area contributed by atoms with Crippen LogP contribution in [0, 0.1) is 11.8 Å². The van der Waals surface area contributed by atoms with Crippen molar-refractivity contribution >= 4 is 5.78 Å². The average Bonchev–Trinajstić information content (AvgIpc) is 2.54. The lowest BCUT2D eigenvalue weighted by atomic mass is 9.86. The summed E-state index contributed by atoms with van der Waals surface area (Å²) in [5.74, 6) is 2.21. The minimum absolute atomic E-state index is 0.269. The number of nitrogens with zero attached hydrogens (tertiary/aromatic N) is 1. The summed E-state index contributed by atoms with van der Waals surface area (Å²) < 4.78 is 0.